The van der Waals surface area contributed by atoms with Gasteiger partial charge in [0.1, 0.15) is 32.0 Å². The second-order valence-electron chi connectivity index (χ2n) is 8.13. The minimum Gasteiger partial charge on any atom is -0.462 e. The van der Waals surface area contributed by atoms with Crippen LogP contribution in [0.3, 0.4) is 0 Å². The lowest BCUT2D eigenvalue weighted by atomic mass is 9.91. The first-order chi connectivity index (χ1) is 14.6. The summed E-state index contributed by atoms with van der Waals surface area (Å²) in [5, 5.41) is 0. The van der Waals surface area contributed by atoms with Crippen LogP contribution in [0, 0.1) is 17.8 Å². The molecule has 11 nitrogen and oxygen atoms in total. The number of esters is 2. The first-order valence-electron chi connectivity index (χ1n) is 10.4. The molecule has 0 aromatic rings. The lowest BCUT2D eigenvalue weighted by molar-refractivity contribution is -0.153. The van der Waals surface area contributed by atoms with Crippen molar-refractivity contribution in [2.75, 3.05) is 26.4 Å². The van der Waals surface area contributed by atoms with Crippen molar-refractivity contribution in [3.8, 4) is 0 Å². The second-order valence-corrected chi connectivity index (χ2v) is 8.13. The van der Waals surface area contributed by atoms with Gasteiger partial charge in [-0.2, -0.15) is 0 Å². The number of hydrogen-bond donors (Lipinski definition) is 1. The van der Waals surface area contributed by atoms with E-state index >= 15 is 0 Å². The fraction of sp³-hybridized carbons (Fsp3) is 0.800. The van der Waals surface area contributed by atoms with Crippen LogP contribution < -0.4 is 5.73 Å². The van der Waals surface area contributed by atoms with Crippen LogP contribution in [0.15, 0.2) is 0 Å². The Morgan fingerprint density at radius 2 is 1.32 bits per heavy atom. The summed E-state index contributed by atoms with van der Waals surface area (Å²) in [6.07, 6.45) is -1.31. The lowest BCUT2D eigenvalue weighted by Crippen LogP contribution is -2.51. The molecule has 0 aromatic carbocycles. The molecule has 0 bridgehead atoms. The average Bonchev–Trinajstić information content (AvgIpc) is 3.31. The van der Waals surface area contributed by atoms with Gasteiger partial charge in [0.25, 0.3) is 0 Å². The van der Waals surface area contributed by atoms with E-state index in [1.165, 1.54) is 0 Å². The molecule has 0 amide bonds. The molecule has 0 radical (unpaired) electrons. The monoisotopic (exact) mass is 445 g/mol. The fourth-order valence-corrected chi connectivity index (χ4v) is 3.78. The first kappa shape index (κ1) is 24.7. The summed E-state index contributed by atoms with van der Waals surface area (Å²) in [4.78, 5) is 47.3. The molecule has 11 heteroatoms. The largest absolute Gasteiger partial charge is 0.508 e. The van der Waals surface area contributed by atoms with Gasteiger partial charge in [-0.05, 0) is 46.5 Å². The topological polar surface area (TPSA) is 150 Å². The molecule has 4 atom stereocenters. The molecule has 176 valence electrons. The molecule has 0 aromatic heterocycles. The van der Waals surface area contributed by atoms with E-state index in [0.29, 0.717) is 12.8 Å². The van der Waals surface area contributed by atoms with Crippen molar-refractivity contribution in [2.45, 2.75) is 58.3 Å². The van der Waals surface area contributed by atoms with Crippen molar-refractivity contribution >= 4 is 24.2 Å². The third-order valence-corrected chi connectivity index (χ3v) is 5.05. The highest BCUT2D eigenvalue weighted by Gasteiger charge is 2.70. The molecule has 0 spiro atoms. The maximum Gasteiger partial charge on any atom is 0.508 e. The highest BCUT2D eigenvalue weighted by molar-refractivity contribution is 5.87. The summed E-state index contributed by atoms with van der Waals surface area (Å²) >= 11 is 0. The maximum absolute atomic E-state index is 12.5. The van der Waals surface area contributed by atoms with Crippen molar-refractivity contribution in [1.82, 2.24) is 0 Å². The number of ether oxygens (including phenoxy) is 6. The molecule has 31 heavy (non-hydrogen) atoms. The van der Waals surface area contributed by atoms with E-state index in [-0.39, 0.29) is 50.5 Å². The molecular weight excluding hydrogens is 414 g/mol. The molecule has 0 heterocycles. The Labute approximate surface area is 180 Å². The second kappa shape index (κ2) is 10.7. The van der Waals surface area contributed by atoms with E-state index < -0.39 is 35.7 Å². The van der Waals surface area contributed by atoms with Gasteiger partial charge < -0.3 is 34.2 Å². The van der Waals surface area contributed by atoms with Crippen LogP contribution in [-0.2, 0) is 38.0 Å². The number of fused-ring (bicyclic) bond motifs is 1. The van der Waals surface area contributed by atoms with Crippen molar-refractivity contribution in [3.63, 3.8) is 0 Å². The van der Waals surface area contributed by atoms with Gasteiger partial charge in [-0.3, -0.25) is 9.59 Å². The number of carbonyl (C=O) groups is 4. The van der Waals surface area contributed by atoms with Crippen LogP contribution in [0.2, 0.25) is 0 Å². The van der Waals surface area contributed by atoms with Crippen LogP contribution >= 0.6 is 0 Å². The summed E-state index contributed by atoms with van der Waals surface area (Å²) in [5.41, 5.74) is 4.98. The van der Waals surface area contributed by atoms with Crippen LogP contribution in [0.25, 0.3) is 0 Å². The third-order valence-electron chi connectivity index (χ3n) is 5.05. The van der Waals surface area contributed by atoms with Crippen LogP contribution in [0.1, 0.15) is 40.5 Å². The average molecular weight is 445 g/mol. The molecule has 2 fully saturated rings. The normalized spacial score (nSPS) is 26.1. The van der Waals surface area contributed by atoms with Crippen LogP contribution in [-0.4, -0.2) is 68.4 Å². The van der Waals surface area contributed by atoms with E-state index in [1.807, 2.05) is 0 Å². The van der Waals surface area contributed by atoms with Crippen molar-refractivity contribution in [1.29, 1.82) is 0 Å². The maximum atomic E-state index is 12.5. The SMILES string of the molecule is CC(C)OC(=O)OCCOC(=O)[C@H]1[C@@H]2CC[C@@](N)(C(=O)OCCOC(=O)OC(C)C)[C@@H]21. The number of nitrogens with two attached hydrogens (primary N) is 1. The molecule has 2 saturated carbocycles. The molecular formula is C20H31NO10. The Kier molecular flexibility index (Phi) is 8.49. The molecule has 2 N–H and O–H groups in total. The zero-order valence-corrected chi connectivity index (χ0v) is 18.3. The van der Waals surface area contributed by atoms with E-state index in [4.69, 9.17) is 34.2 Å². The van der Waals surface area contributed by atoms with Crippen molar-refractivity contribution < 1.29 is 47.6 Å². The summed E-state index contributed by atoms with van der Waals surface area (Å²) in [6, 6.07) is 0. The van der Waals surface area contributed by atoms with E-state index in [9.17, 15) is 19.2 Å². The fourth-order valence-electron chi connectivity index (χ4n) is 3.78. The van der Waals surface area contributed by atoms with Gasteiger partial charge in [-0.1, -0.05) is 0 Å². The minimum absolute atomic E-state index is 0.0471. The summed E-state index contributed by atoms with van der Waals surface area (Å²) in [7, 11) is 0. The lowest BCUT2D eigenvalue weighted by Gasteiger charge is -2.24. The van der Waals surface area contributed by atoms with Crippen LogP contribution in [0.4, 0.5) is 9.59 Å². The molecule has 2 rings (SSSR count). The summed E-state index contributed by atoms with van der Waals surface area (Å²) in [5.74, 6) is -2.04. The van der Waals surface area contributed by atoms with Gasteiger partial charge in [-0.15, -0.1) is 0 Å². The smallest absolute Gasteiger partial charge is 0.462 e. The first-order valence-corrected chi connectivity index (χ1v) is 10.4. The molecule has 0 aliphatic heterocycles. The molecule has 0 saturated heterocycles. The highest BCUT2D eigenvalue weighted by Crippen LogP contribution is 2.62. The van der Waals surface area contributed by atoms with Gasteiger partial charge in [0.2, 0.25) is 0 Å². The van der Waals surface area contributed by atoms with Gasteiger partial charge in [0, 0.05) is 5.92 Å². The molecule has 2 aliphatic carbocycles. The van der Waals surface area contributed by atoms with E-state index in [1.54, 1.807) is 27.7 Å². The van der Waals surface area contributed by atoms with Gasteiger partial charge in [-0.25, -0.2) is 9.59 Å². The third kappa shape index (κ3) is 6.71. The minimum atomic E-state index is -1.29. The van der Waals surface area contributed by atoms with E-state index in [0.717, 1.165) is 0 Å². The Balaban J connectivity index is 1.70. The zero-order chi connectivity index (χ0) is 23.2. The molecule has 2 aliphatic rings. The Morgan fingerprint density at radius 1 is 0.839 bits per heavy atom. The summed E-state index contributed by atoms with van der Waals surface area (Å²) < 4.78 is 29.5. The number of carbonyl (C=O) groups excluding carboxylic acids is 4. The Hall–Kier alpha value is -2.56. The van der Waals surface area contributed by atoms with Crippen molar-refractivity contribution in [2.24, 2.45) is 23.5 Å². The van der Waals surface area contributed by atoms with Crippen LogP contribution in [0.5, 0.6) is 0 Å². The summed E-state index contributed by atoms with van der Waals surface area (Å²) in [6.45, 7) is 6.16. The Morgan fingerprint density at radius 3 is 1.84 bits per heavy atom. The number of hydrogen-bond acceptors (Lipinski definition) is 11. The van der Waals surface area contributed by atoms with E-state index in [2.05, 4.69) is 0 Å². The highest BCUT2D eigenvalue weighted by atomic mass is 16.7. The quantitative estimate of drug-likeness (QED) is 0.296. The van der Waals surface area contributed by atoms with Gasteiger partial charge in [0.05, 0.1) is 18.1 Å². The van der Waals surface area contributed by atoms with Gasteiger partial charge in [0.15, 0.2) is 0 Å². The van der Waals surface area contributed by atoms with Crippen molar-refractivity contribution in [3.05, 3.63) is 0 Å². The van der Waals surface area contributed by atoms with Gasteiger partial charge >= 0.3 is 24.2 Å². The number of rotatable bonds is 10. The predicted octanol–water partition coefficient (Wildman–Crippen LogP) is 1.55. The zero-order valence-electron chi connectivity index (χ0n) is 18.3. The standard InChI is InChI=1S/C20H31NO10/c1-11(2)30-18(24)28-9-7-26-16(22)14-13-5-6-20(21,15(13)14)17(23)27-8-10-29-19(25)31-12(3)4/h11-15H,5-10,21H2,1-4H3/t13-,14-,15-,20-/m0/s1. The molecule has 0 unspecified atom stereocenters. The Bertz CT molecular complexity index is 679. The predicted molar refractivity (Wildman–Crippen MR) is 104 cm³/mol.